The van der Waals surface area contributed by atoms with Gasteiger partial charge >= 0.3 is 0 Å². The number of aromatic nitrogens is 1. The molecule has 0 amide bonds. The third kappa shape index (κ3) is 3.34. The molecule has 0 saturated heterocycles. The van der Waals surface area contributed by atoms with Crippen LogP contribution in [0.2, 0.25) is 0 Å². The van der Waals surface area contributed by atoms with E-state index in [-0.39, 0.29) is 6.04 Å². The molecule has 2 aromatic rings. The fourth-order valence-electron chi connectivity index (χ4n) is 3.15. The van der Waals surface area contributed by atoms with E-state index in [1.807, 2.05) is 40.8 Å². The maximum Gasteiger partial charge on any atom is 0.212 e. The minimum Gasteiger partial charge on any atom is -0.382 e. The lowest BCUT2D eigenvalue weighted by molar-refractivity contribution is -0.120. The van der Waals surface area contributed by atoms with Crippen LogP contribution in [0, 0.1) is 3.70 Å². The molecular weight excluding hydrogens is 425 g/mol. The van der Waals surface area contributed by atoms with Gasteiger partial charge in [-0.1, -0.05) is 12.1 Å². The molecule has 1 aromatic carbocycles. The van der Waals surface area contributed by atoms with Crippen LogP contribution in [0.5, 0.6) is 0 Å². The molecule has 2 unspecified atom stereocenters. The molecule has 6 heteroatoms. The summed E-state index contributed by atoms with van der Waals surface area (Å²) in [7, 11) is 0. The lowest BCUT2D eigenvalue weighted by atomic mass is 9.94. The van der Waals surface area contributed by atoms with E-state index in [2.05, 4.69) is 11.9 Å². The highest BCUT2D eigenvalue weighted by Crippen LogP contribution is 2.34. The topological polar surface area (TPSA) is 34.0 Å². The van der Waals surface area contributed by atoms with Gasteiger partial charge in [0.1, 0.15) is 5.78 Å². The Balaban J connectivity index is 1.93. The first-order chi connectivity index (χ1) is 11.5. The number of fused-ring (bicyclic) bond motifs is 1. The zero-order valence-corrected chi connectivity index (χ0v) is 15.3. The second-order valence-electron chi connectivity index (χ2n) is 6.09. The number of rotatable bonds is 5. The number of hydrogen-bond donors (Lipinski definition) is 1. The fourth-order valence-corrected chi connectivity index (χ4v) is 3.99. The van der Waals surface area contributed by atoms with Crippen LogP contribution in [0.3, 0.4) is 0 Å². The molecule has 1 saturated carbocycles. The van der Waals surface area contributed by atoms with Crippen molar-refractivity contribution in [2.45, 2.75) is 44.2 Å². The van der Waals surface area contributed by atoms with Crippen molar-refractivity contribution in [1.82, 2.24) is 4.57 Å². The summed E-state index contributed by atoms with van der Waals surface area (Å²) in [5.41, 5.74) is 1.54. The highest BCUT2D eigenvalue weighted by molar-refractivity contribution is 14.1. The van der Waals surface area contributed by atoms with E-state index in [4.69, 9.17) is 0 Å². The van der Waals surface area contributed by atoms with Gasteiger partial charge in [0, 0.05) is 30.0 Å². The molecule has 24 heavy (non-hydrogen) atoms. The number of allylic oxidation sites excluding steroid dienone is 1. The van der Waals surface area contributed by atoms with E-state index in [0.29, 0.717) is 27.8 Å². The normalized spacial score (nSPS) is 18.5. The number of hydrogen-bond acceptors (Lipinski definition) is 2. The van der Waals surface area contributed by atoms with Crippen molar-refractivity contribution >= 4 is 45.0 Å². The highest BCUT2D eigenvalue weighted by atomic mass is 127. The molecule has 0 spiro atoms. The Morgan fingerprint density at radius 1 is 1.33 bits per heavy atom. The summed E-state index contributed by atoms with van der Waals surface area (Å²) >= 11 is 2.02. The zero-order chi connectivity index (χ0) is 17.3. The van der Waals surface area contributed by atoms with Crippen molar-refractivity contribution in [3.63, 3.8) is 0 Å². The van der Waals surface area contributed by atoms with Gasteiger partial charge in [-0.25, -0.2) is 8.78 Å². The number of halogens is 3. The third-order valence-corrected chi connectivity index (χ3v) is 5.30. The van der Waals surface area contributed by atoms with E-state index in [1.165, 1.54) is 4.57 Å². The smallest absolute Gasteiger partial charge is 0.212 e. The predicted molar refractivity (Wildman–Crippen MR) is 101 cm³/mol. The van der Waals surface area contributed by atoms with Crippen LogP contribution < -0.4 is 5.32 Å². The van der Waals surface area contributed by atoms with Crippen LogP contribution >= 0.6 is 22.6 Å². The van der Waals surface area contributed by atoms with Gasteiger partial charge in [-0.05, 0) is 53.6 Å². The largest absolute Gasteiger partial charge is 0.382 e. The van der Waals surface area contributed by atoms with Gasteiger partial charge < -0.3 is 9.88 Å². The molecule has 0 radical (unpaired) electrons. The first-order valence-corrected chi connectivity index (χ1v) is 9.07. The summed E-state index contributed by atoms with van der Waals surface area (Å²) in [6.07, 6.45) is 0.241. The van der Waals surface area contributed by atoms with Crippen molar-refractivity contribution < 1.29 is 13.6 Å². The van der Waals surface area contributed by atoms with Gasteiger partial charge in [0.25, 0.3) is 0 Å². The zero-order valence-electron chi connectivity index (χ0n) is 13.1. The molecule has 1 heterocycles. The van der Waals surface area contributed by atoms with Gasteiger partial charge in [0.15, 0.2) is 6.17 Å². The number of nitrogens with one attached hydrogen (secondary N) is 1. The van der Waals surface area contributed by atoms with Crippen LogP contribution in [-0.4, -0.2) is 22.6 Å². The number of carbonyl (C=O) groups is 1. The van der Waals surface area contributed by atoms with E-state index in [9.17, 15) is 13.6 Å². The van der Waals surface area contributed by atoms with Crippen LogP contribution in [0.15, 0.2) is 36.9 Å². The monoisotopic (exact) mass is 444 g/mol. The average Bonchev–Trinajstić information content (AvgIpc) is 2.92. The van der Waals surface area contributed by atoms with Gasteiger partial charge in [0.05, 0.1) is 9.22 Å². The molecule has 1 aliphatic rings. The van der Waals surface area contributed by atoms with Crippen molar-refractivity contribution in [3.8, 4) is 0 Å². The van der Waals surface area contributed by atoms with E-state index in [0.717, 1.165) is 30.0 Å². The van der Waals surface area contributed by atoms with Crippen molar-refractivity contribution in [2.24, 2.45) is 0 Å². The molecule has 3 rings (SSSR count). The number of Topliss-reactive ketones (excluding diaryl/α,β-unsaturated/α-hetero) is 1. The Hall–Kier alpha value is -1.44. The number of anilines is 1. The third-order valence-electron chi connectivity index (χ3n) is 4.47. The fraction of sp³-hybridized carbons (Fsp3) is 0.389. The molecule has 1 aromatic heterocycles. The molecule has 3 nitrogen and oxygen atoms in total. The molecule has 1 fully saturated rings. The predicted octanol–water partition coefficient (Wildman–Crippen LogP) is 5.16. The van der Waals surface area contributed by atoms with E-state index < -0.39 is 12.5 Å². The molecule has 2 atom stereocenters. The van der Waals surface area contributed by atoms with Crippen LogP contribution in [0.25, 0.3) is 10.9 Å². The number of carbonyl (C=O) groups excluding carboxylic acids is 1. The summed E-state index contributed by atoms with van der Waals surface area (Å²) in [4.78, 5) is 11.4. The molecular formula is C18H19F2IN2O. The quantitative estimate of drug-likeness (QED) is 0.511. The van der Waals surface area contributed by atoms with Crippen LogP contribution in [-0.2, 0) is 4.79 Å². The maximum absolute atomic E-state index is 14.4. The van der Waals surface area contributed by atoms with Crippen molar-refractivity contribution in [1.29, 1.82) is 0 Å². The van der Waals surface area contributed by atoms with Crippen LogP contribution in [0.4, 0.5) is 14.5 Å². The maximum atomic E-state index is 14.4. The first-order valence-electron chi connectivity index (χ1n) is 7.99. The van der Waals surface area contributed by atoms with E-state index >= 15 is 0 Å². The number of ketones is 1. The van der Waals surface area contributed by atoms with Gasteiger partial charge in [-0.3, -0.25) is 4.79 Å². The Morgan fingerprint density at radius 2 is 2.04 bits per heavy atom. The Labute approximate surface area is 153 Å². The summed E-state index contributed by atoms with van der Waals surface area (Å²) in [5, 5.41) is 4.32. The number of alkyl halides is 2. The molecule has 128 valence electrons. The Morgan fingerprint density at radius 3 is 2.71 bits per heavy atom. The number of nitrogens with zero attached hydrogens (tertiary/aromatic N) is 1. The van der Waals surface area contributed by atoms with Gasteiger partial charge in [0.2, 0.25) is 6.30 Å². The first kappa shape index (κ1) is 17.4. The highest BCUT2D eigenvalue weighted by Gasteiger charge is 2.24. The summed E-state index contributed by atoms with van der Waals surface area (Å²) in [6, 6.07) is 7.65. The van der Waals surface area contributed by atoms with Gasteiger partial charge in [-0.2, -0.15) is 0 Å². The minimum atomic E-state index is -1.80. The Kier molecular flexibility index (Phi) is 5.22. The summed E-state index contributed by atoms with van der Waals surface area (Å²) in [6.45, 7) is 3.33. The lowest BCUT2D eigenvalue weighted by Crippen LogP contribution is -2.26. The lowest BCUT2D eigenvalue weighted by Gasteiger charge is -2.23. The standard InChI is InChI=1S/C18H19F2IN2O/c1-2-14(19)18(20)23-16-5-3-4-15(13(16)10-17(23)21)22-11-6-8-12(24)9-7-11/h2-5,10-11,14,18,22H,1,6-9H2. The molecule has 0 bridgehead atoms. The minimum absolute atomic E-state index is 0.234. The van der Waals surface area contributed by atoms with Crippen molar-refractivity contribution in [2.75, 3.05) is 5.32 Å². The molecule has 1 aliphatic carbocycles. The van der Waals surface area contributed by atoms with Gasteiger partial charge in [-0.15, -0.1) is 6.58 Å². The SMILES string of the molecule is C=CC(F)C(F)n1c(I)cc2c(NC3CCC(=O)CC3)cccc21. The number of benzene rings is 1. The average molecular weight is 444 g/mol. The van der Waals surface area contributed by atoms with Crippen molar-refractivity contribution in [3.05, 3.63) is 40.6 Å². The molecule has 1 N–H and O–H groups in total. The summed E-state index contributed by atoms with van der Waals surface area (Å²) in [5.74, 6) is 0.311. The van der Waals surface area contributed by atoms with E-state index in [1.54, 1.807) is 6.07 Å². The molecule has 0 aliphatic heterocycles. The second-order valence-corrected chi connectivity index (χ2v) is 7.19. The van der Waals surface area contributed by atoms with Crippen LogP contribution in [0.1, 0.15) is 32.0 Å². The summed E-state index contributed by atoms with van der Waals surface area (Å²) < 4.78 is 30.2. The second kappa shape index (κ2) is 7.21. The Bertz CT molecular complexity index is 764.